The van der Waals surface area contributed by atoms with Crippen molar-refractivity contribution in [2.45, 2.75) is 51.2 Å². The fraction of sp³-hybridized carbons (Fsp3) is 0.524. The van der Waals surface area contributed by atoms with E-state index in [0.717, 1.165) is 5.56 Å². The van der Waals surface area contributed by atoms with Gasteiger partial charge < -0.3 is 20.7 Å². The zero-order chi connectivity index (χ0) is 21.6. The first-order valence-electron chi connectivity index (χ1n) is 9.69. The minimum Gasteiger partial charge on any atom is -0.347 e. The molecule has 1 rings (SSSR count). The normalized spacial score (nSPS) is 13.8. The van der Waals surface area contributed by atoms with Gasteiger partial charge in [-0.15, -0.1) is 0 Å². The molecule has 0 spiro atoms. The van der Waals surface area contributed by atoms with E-state index in [1.54, 1.807) is 11.8 Å². The van der Waals surface area contributed by atoms with Crippen LogP contribution in [0.15, 0.2) is 30.3 Å². The van der Waals surface area contributed by atoms with E-state index in [2.05, 4.69) is 16.0 Å². The molecule has 160 valence electrons. The highest BCUT2D eigenvalue weighted by Crippen LogP contribution is 2.08. The second kappa shape index (κ2) is 13.8. The Bertz CT molecular complexity index is 655. The van der Waals surface area contributed by atoms with Crippen LogP contribution in [0.25, 0.3) is 0 Å². The highest BCUT2D eigenvalue weighted by molar-refractivity contribution is 7.98. The Kier molecular flexibility index (Phi) is 11.7. The summed E-state index contributed by atoms with van der Waals surface area (Å²) in [6, 6.07) is 7.23. The molecule has 1 aromatic carbocycles. The molecule has 0 aliphatic rings. The Balaban J connectivity index is 2.80. The van der Waals surface area contributed by atoms with Crippen molar-refractivity contribution < 1.29 is 19.2 Å². The van der Waals surface area contributed by atoms with Crippen molar-refractivity contribution in [3.8, 4) is 0 Å². The van der Waals surface area contributed by atoms with Gasteiger partial charge in [0.2, 0.25) is 18.2 Å². The minimum atomic E-state index is -0.786. The van der Waals surface area contributed by atoms with E-state index in [-0.39, 0.29) is 5.92 Å². The van der Waals surface area contributed by atoms with Crippen LogP contribution in [0, 0.1) is 5.92 Å². The Morgan fingerprint density at radius 1 is 1.03 bits per heavy atom. The number of hydrogen-bond donors (Lipinski definition) is 3. The molecule has 0 aliphatic heterocycles. The Morgan fingerprint density at radius 3 is 2.24 bits per heavy atom. The van der Waals surface area contributed by atoms with Crippen LogP contribution >= 0.6 is 11.8 Å². The molecule has 1 aromatic rings. The molecule has 3 amide bonds. The lowest BCUT2D eigenvalue weighted by Crippen LogP contribution is -2.55. The summed E-state index contributed by atoms with van der Waals surface area (Å²) in [4.78, 5) is 47.7. The van der Waals surface area contributed by atoms with Crippen molar-refractivity contribution in [1.82, 2.24) is 16.0 Å². The maximum atomic E-state index is 12.8. The van der Waals surface area contributed by atoms with E-state index >= 15 is 0 Å². The molecule has 3 N–H and O–H groups in total. The highest BCUT2D eigenvalue weighted by atomic mass is 32.2. The third kappa shape index (κ3) is 9.60. The van der Waals surface area contributed by atoms with Gasteiger partial charge in [-0.1, -0.05) is 44.2 Å². The lowest BCUT2D eigenvalue weighted by atomic mass is 10.0. The molecule has 0 unspecified atom stereocenters. The zero-order valence-corrected chi connectivity index (χ0v) is 18.0. The van der Waals surface area contributed by atoms with E-state index in [4.69, 9.17) is 0 Å². The summed E-state index contributed by atoms with van der Waals surface area (Å²) in [6.07, 6.45) is 4.37. The number of aldehydes is 1. The van der Waals surface area contributed by atoms with Crippen LogP contribution in [0.2, 0.25) is 0 Å². The highest BCUT2D eigenvalue weighted by Gasteiger charge is 2.27. The molecule has 7 nitrogen and oxygen atoms in total. The topological polar surface area (TPSA) is 104 Å². The second-order valence-electron chi connectivity index (χ2n) is 7.25. The van der Waals surface area contributed by atoms with Crippen molar-refractivity contribution >= 4 is 36.3 Å². The maximum Gasteiger partial charge on any atom is 0.243 e. The summed E-state index contributed by atoms with van der Waals surface area (Å²) < 4.78 is 0. The molecule has 8 heteroatoms. The third-order valence-electron chi connectivity index (χ3n) is 4.33. The van der Waals surface area contributed by atoms with E-state index in [1.165, 1.54) is 0 Å². The van der Waals surface area contributed by atoms with Gasteiger partial charge in [0.1, 0.15) is 18.4 Å². The van der Waals surface area contributed by atoms with Gasteiger partial charge in [-0.3, -0.25) is 14.4 Å². The van der Waals surface area contributed by atoms with Crippen LogP contribution < -0.4 is 16.0 Å². The Hall–Kier alpha value is -2.35. The van der Waals surface area contributed by atoms with Crippen LogP contribution in [0.1, 0.15) is 32.3 Å². The number of amides is 3. The number of hydrogen-bond acceptors (Lipinski definition) is 5. The van der Waals surface area contributed by atoms with E-state index < -0.39 is 29.9 Å². The summed E-state index contributed by atoms with van der Waals surface area (Å²) in [5.74, 6) is 0.0376. The number of carbonyl (C=O) groups is 4. The lowest BCUT2D eigenvalue weighted by molar-refractivity contribution is -0.131. The molecular formula is C21H31N3O4S. The molecular weight excluding hydrogens is 390 g/mol. The second-order valence-corrected chi connectivity index (χ2v) is 8.24. The number of rotatable bonds is 14. The van der Waals surface area contributed by atoms with E-state index in [9.17, 15) is 19.2 Å². The molecule has 0 aromatic heterocycles. The first kappa shape index (κ1) is 24.7. The smallest absolute Gasteiger partial charge is 0.243 e. The van der Waals surface area contributed by atoms with Crippen molar-refractivity contribution in [1.29, 1.82) is 0 Å². The molecule has 0 saturated carbocycles. The van der Waals surface area contributed by atoms with Crippen molar-refractivity contribution in [3.05, 3.63) is 35.9 Å². The van der Waals surface area contributed by atoms with Gasteiger partial charge in [-0.25, -0.2) is 0 Å². The number of nitrogens with one attached hydrogen (secondary N) is 3. The molecule has 0 fully saturated rings. The first-order valence-corrected chi connectivity index (χ1v) is 11.1. The lowest BCUT2D eigenvalue weighted by Gasteiger charge is -2.24. The number of carbonyl (C=O) groups excluding carboxylic acids is 4. The van der Waals surface area contributed by atoms with Gasteiger partial charge in [0, 0.05) is 0 Å². The summed E-state index contributed by atoms with van der Waals surface area (Å²) in [6.45, 7) is 3.89. The standard InChI is InChI=1S/C21H31N3O4S/c1-15(2)11-19(24-20(27)18(22-14-26)9-10-29-3)21(28)23-17(13-25)12-16-7-5-4-6-8-16/h4-8,13-15,17-19H,9-12H2,1-3H3,(H,22,26)(H,23,28)(H,24,27)/t17-,18-,19-/m0/s1. The largest absolute Gasteiger partial charge is 0.347 e. The summed E-state index contributed by atoms with van der Waals surface area (Å²) >= 11 is 1.57. The van der Waals surface area contributed by atoms with Crippen LogP contribution in [0.4, 0.5) is 0 Å². The molecule has 0 heterocycles. The molecule has 0 bridgehead atoms. The van der Waals surface area contributed by atoms with E-state index in [0.29, 0.717) is 37.7 Å². The van der Waals surface area contributed by atoms with Crippen molar-refractivity contribution in [3.63, 3.8) is 0 Å². The van der Waals surface area contributed by atoms with E-state index in [1.807, 2.05) is 50.4 Å². The van der Waals surface area contributed by atoms with Gasteiger partial charge in [-0.05, 0) is 42.8 Å². The van der Waals surface area contributed by atoms with Gasteiger partial charge in [0.05, 0.1) is 6.04 Å². The monoisotopic (exact) mass is 421 g/mol. The Morgan fingerprint density at radius 2 is 1.69 bits per heavy atom. The molecule has 0 radical (unpaired) electrons. The molecule has 29 heavy (non-hydrogen) atoms. The van der Waals surface area contributed by atoms with Crippen molar-refractivity contribution in [2.24, 2.45) is 5.92 Å². The third-order valence-corrected chi connectivity index (χ3v) is 4.97. The van der Waals surface area contributed by atoms with Crippen molar-refractivity contribution in [2.75, 3.05) is 12.0 Å². The molecule has 0 saturated heterocycles. The van der Waals surface area contributed by atoms with Gasteiger partial charge in [-0.2, -0.15) is 11.8 Å². The average Bonchev–Trinajstić information content (AvgIpc) is 2.70. The minimum absolute atomic E-state index is 0.151. The zero-order valence-electron chi connectivity index (χ0n) is 17.2. The fourth-order valence-electron chi connectivity index (χ4n) is 2.87. The molecule has 0 aliphatic carbocycles. The van der Waals surface area contributed by atoms with Gasteiger partial charge in [0.15, 0.2) is 0 Å². The number of thioether (sulfide) groups is 1. The predicted molar refractivity (Wildman–Crippen MR) is 116 cm³/mol. The SMILES string of the molecule is CSCC[C@H](NC=O)C(=O)N[C@@H](CC(C)C)C(=O)N[C@H](C=O)Cc1ccccc1. The first-order chi connectivity index (χ1) is 13.9. The van der Waals surface area contributed by atoms with Crippen LogP contribution in [0.5, 0.6) is 0 Å². The van der Waals surface area contributed by atoms with Crippen LogP contribution in [-0.4, -0.2) is 54.6 Å². The van der Waals surface area contributed by atoms with Gasteiger partial charge in [0.25, 0.3) is 0 Å². The summed E-state index contributed by atoms with van der Waals surface area (Å²) in [5, 5.41) is 7.97. The van der Waals surface area contributed by atoms with Gasteiger partial charge >= 0.3 is 0 Å². The Labute approximate surface area is 176 Å². The fourth-order valence-corrected chi connectivity index (χ4v) is 3.34. The maximum absolute atomic E-state index is 12.8. The summed E-state index contributed by atoms with van der Waals surface area (Å²) in [7, 11) is 0. The average molecular weight is 422 g/mol. The molecule has 3 atom stereocenters. The summed E-state index contributed by atoms with van der Waals surface area (Å²) in [5.41, 5.74) is 0.932. The number of benzene rings is 1. The van der Waals surface area contributed by atoms with Crippen LogP contribution in [-0.2, 0) is 25.6 Å². The van der Waals surface area contributed by atoms with Crippen LogP contribution in [0.3, 0.4) is 0 Å². The predicted octanol–water partition coefficient (Wildman–Crippen LogP) is 1.31. The quantitative estimate of drug-likeness (QED) is 0.393.